The van der Waals surface area contributed by atoms with Crippen LogP contribution in [0.5, 0.6) is 0 Å². The fourth-order valence-corrected chi connectivity index (χ4v) is 4.95. The zero-order valence-electron chi connectivity index (χ0n) is 15.2. The Bertz CT molecular complexity index is 1080. The van der Waals surface area contributed by atoms with Crippen LogP contribution in [0.3, 0.4) is 0 Å². The molecule has 0 saturated heterocycles. The summed E-state index contributed by atoms with van der Waals surface area (Å²) < 4.78 is 33.1. The van der Waals surface area contributed by atoms with Gasteiger partial charge in [0.25, 0.3) is 0 Å². The van der Waals surface area contributed by atoms with E-state index in [1.165, 1.54) is 12.3 Å². The summed E-state index contributed by atoms with van der Waals surface area (Å²) in [5.74, 6) is 0.397. The molecule has 1 atom stereocenters. The molecule has 0 radical (unpaired) electrons. The van der Waals surface area contributed by atoms with Crippen LogP contribution in [0.15, 0.2) is 65.1 Å². The number of aromatic nitrogens is 1. The number of amides is 1. The summed E-state index contributed by atoms with van der Waals surface area (Å²) in [6, 6.07) is 9.99. The second-order valence-electron chi connectivity index (χ2n) is 6.03. The van der Waals surface area contributed by atoms with Gasteiger partial charge in [0.05, 0.1) is 24.9 Å². The number of halogens is 1. The van der Waals surface area contributed by atoms with Crippen LogP contribution in [0.4, 0.5) is 5.13 Å². The number of anilines is 1. The van der Waals surface area contributed by atoms with Crippen LogP contribution < -0.4 is 10.0 Å². The first-order valence-corrected chi connectivity index (χ1v) is 11.3. The standard InChI is InChI=1S/C19H18ClN3O4S2/c1-2-17(13-5-7-14(20)8-6-13)29(25,26)23-19-22-15(12-28-19)10-18(24)21-11-16-4-3-9-27-16/h2-9,12,17H,1,10-11H2,(H,21,24)(H,22,23). The van der Waals surface area contributed by atoms with Crippen molar-refractivity contribution in [2.24, 2.45) is 0 Å². The van der Waals surface area contributed by atoms with Crippen molar-refractivity contribution < 1.29 is 17.6 Å². The molecule has 0 spiro atoms. The second kappa shape index (κ2) is 9.25. The van der Waals surface area contributed by atoms with E-state index in [0.717, 1.165) is 11.3 Å². The van der Waals surface area contributed by atoms with E-state index in [1.807, 2.05) is 0 Å². The number of rotatable bonds is 9. The van der Waals surface area contributed by atoms with Gasteiger partial charge >= 0.3 is 0 Å². The molecule has 0 aliphatic carbocycles. The van der Waals surface area contributed by atoms with E-state index in [2.05, 4.69) is 21.6 Å². The van der Waals surface area contributed by atoms with Gasteiger partial charge in [-0.15, -0.1) is 17.9 Å². The number of benzene rings is 1. The zero-order valence-corrected chi connectivity index (χ0v) is 17.6. The number of nitrogens with zero attached hydrogens (tertiary/aromatic N) is 1. The Balaban J connectivity index is 1.62. The molecule has 3 aromatic rings. The Hall–Kier alpha value is -2.62. The largest absolute Gasteiger partial charge is 0.467 e. The Morgan fingerprint density at radius 2 is 2.07 bits per heavy atom. The Kier molecular flexibility index (Phi) is 6.73. The van der Waals surface area contributed by atoms with Crippen molar-refractivity contribution >= 4 is 44.0 Å². The predicted octanol–water partition coefficient (Wildman–Crippen LogP) is 3.92. The van der Waals surface area contributed by atoms with Crippen molar-refractivity contribution in [1.82, 2.24) is 10.3 Å². The van der Waals surface area contributed by atoms with E-state index in [9.17, 15) is 13.2 Å². The van der Waals surface area contributed by atoms with Crippen LogP contribution in [-0.4, -0.2) is 19.3 Å². The number of hydrogen-bond acceptors (Lipinski definition) is 6. The minimum absolute atomic E-state index is 0.0288. The monoisotopic (exact) mass is 451 g/mol. The summed E-state index contributed by atoms with van der Waals surface area (Å²) in [4.78, 5) is 16.2. The van der Waals surface area contributed by atoms with Crippen molar-refractivity contribution in [3.05, 3.63) is 82.7 Å². The van der Waals surface area contributed by atoms with Gasteiger partial charge in [-0.25, -0.2) is 13.4 Å². The average Bonchev–Trinajstić information content (AvgIpc) is 3.34. The second-order valence-corrected chi connectivity index (χ2v) is 9.13. The molecule has 0 aliphatic rings. The number of nitrogens with one attached hydrogen (secondary N) is 2. The van der Waals surface area contributed by atoms with Crippen LogP contribution in [0.2, 0.25) is 5.02 Å². The van der Waals surface area contributed by atoms with Crippen LogP contribution in [0.1, 0.15) is 22.3 Å². The van der Waals surface area contributed by atoms with Gasteiger partial charge in [0.2, 0.25) is 15.9 Å². The lowest BCUT2D eigenvalue weighted by Crippen LogP contribution is -2.24. The lowest BCUT2D eigenvalue weighted by atomic mass is 10.1. The molecule has 2 heterocycles. The quantitative estimate of drug-likeness (QED) is 0.480. The third kappa shape index (κ3) is 5.69. The first-order valence-electron chi connectivity index (χ1n) is 8.50. The fourth-order valence-electron chi connectivity index (χ4n) is 2.54. The van der Waals surface area contributed by atoms with Crippen molar-refractivity contribution in [3.8, 4) is 0 Å². The molecule has 2 N–H and O–H groups in total. The average molecular weight is 452 g/mol. The van der Waals surface area contributed by atoms with E-state index in [4.69, 9.17) is 16.0 Å². The Labute approximate surface area is 177 Å². The lowest BCUT2D eigenvalue weighted by Gasteiger charge is -2.14. The van der Waals surface area contributed by atoms with Gasteiger partial charge in [0, 0.05) is 10.4 Å². The van der Waals surface area contributed by atoms with Gasteiger partial charge in [-0.1, -0.05) is 29.8 Å². The summed E-state index contributed by atoms with van der Waals surface area (Å²) in [5, 5.41) is 4.07. The third-order valence-corrected chi connectivity index (χ3v) is 6.71. The van der Waals surface area contributed by atoms with Crippen LogP contribution >= 0.6 is 22.9 Å². The predicted molar refractivity (Wildman–Crippen MR) is 113 cm³/mol. The normalized spacial score (nSPS) is 12.3. The van der Waals surface area contributed by atoms with Crippen LogP contribution in [0.25, 0.3) is 0 Å². The molecule has 0 saturated carbocycles. The molecule has 2 aromatic heterocycles. The summed E-state index contributed by atoms with van der Waals surface area (Å²) in [7, 11) is -3.82. The SMILES string of the molecule is C=CC(c1ccc(Cl)cc1)S(=O)(=O)Nc1nc(CC(=O)NCc2ccco2)cs1. The van der Waals surface area contributed by atoms with E-state index in [1.54, 1.807) is 41.8 Å². The van der Waals surface area contributed by atoms with Crippen molar-refractivity contribution in [2.45, 2.75) is 18.2 Å². The zero-order chi connectivity index (χ0) is 20.9. The van der Waals surface area contributed by atoms with Gasteiger partial charge in [0.1, 0.15) is 11.0 Å². The molecule has 10 heteroatoms. The van der Waals surface area contributed by atoms with Crippen molar-refractivity contribution in [1.29, 1.82) is 0 Å². The van der Waals surface area contributed by atoms with E-state index in [-0.39, 0.29) is 24.0 Å². The molecule has 0 fully saturated rings. The smallest absolute Gasteiger partial charge is 0.245 e. The topological polar surface area (TPSA) is 101 Å². The first kappa shape index (κ1) is 21.1. The van der Waals surface area contributed by atoms with Crippen LogP contribution in [0, 0.1) is 0 Å². The van der Waals surface area contributed by atoms with Crippen molar-refractivity contribution in [2.75, 3.05) is 4.72 Å². The maximum Gasteiger partial charge on any atom is 0.245 e. The molecule has 7 nitrogen and oxygen atoms in total. The summed E-state index contributed by atoms with van der Waals surface area (Å²) in [5.41, 5.74) is 0.997. The Morgan fingerprint density at radius 3 is 2.72 bits per heavy atom. The minimum Gasteiger partial charge on any atom is -0.467 e. The number of thiazole rings is 1. The van der Waals surface area contributed by atoms with Crippen LogP contribution in [-0.2, 0) is 27.8 Å². The van der Waals surface area contributed by atoms with E-state index in [0.29, 0.717) is 22.0 Å². The number of furan rings is 1. The molecule has 0 aliphatic heterocycles. The molecule has 3 rings (SSSR count). The highest BCUT2D eigenvalue weighted by molar-refractivity contribution is 7.93. The molecular weight excluding hydrogens is 434 g/mol. The van der Waals surface area contributed by atoms with E-state index < -0.39 is 15.3 Å². The molecule has 152 valence electrons. The number of carbonyl (C=O) groups is 1. The number of hydrogen-bond donors (Lipinski definition) is 2. The highest BCUT2D eigenvalue weighted by Crippen LogP contribution is 2.28. The third-order valence-electron chi connectivity index (χ3n) is 3.91. The van der Waals surface area contributed by atoms with Gasteiger partial charge in [-0.05, 0) is 29.8 Å². The lowest BCUT2D eigenvalue weighted by molar-refractivity contribution is -0.120. The van der Waals surface area contributed by atoms with Gasteiger partial charge in [-0.3, -0.25) is 9.52 Å². The minimum atomic E-state index is -3.82. The summed E-state index contributed by atoms with van der Waals surface area (Å²) in [6.07, 6.45) is 2.89. The number of carbonyl (C=O) groups excluding carboxylic acids is 1. The molecule has 1 amide bonds. The number of sulfonamides is 1. The Morgan fingerprint density at radius 1 is 1.31 bits per heavy atom. The first-order chi connectivity index (χ1) is 13.9. The van der Waals surface area contributed by atoms with Gasteiger partial charge in [0.15, 0.2) is 5.13 Å². The fraction of sp³-hybridized carbons (Fsp3) is 0.158. The highest BCUT2D eigenvalue weighted by atomic mass is 35.5. The van der Waals surface area contributed by atoms with Gasteiger partial charge in [-0.2, -0.15) is 0 Å². The van der Waals surface area contributed by atoms with Crippen molar-refractivity contribution in [3.63, 3.8) is 0 Å². The molecule has 1 aromatic carbocycles. The molecule has 1 unspecified atom stereocenters. The molecule has 29 heavy (non-hydrogen) atoms. The maximum absolute atomic E-state index is 12.7. The summed E-state index contributed by atoms with van der Waals surface area (Å²) in [6.45, 7) is 3.90. The highest BCUT2D eigenvalue weighted by Gasteiger charge is 2.25. The molecular formula is C19H18ClN3O4S2. The summed E-state index contributed by atoms with van der Waals surface area (Å²) >= 11 is 6.97. The maximum atomic E-state index is 12.7. The van der Waals surface area contributed by atoms with E-state index >= 15 is 0 Å². The molecule has 0 bridgehead atoms. The van der Waals surface area contributed by atoms with Gasteiger partial charge < -0.3 is 9.73 Å².